The van der Waals surface area contributed by atoms with Crippen molar-refractivity contribution in [1.82, 2.24) is 4.98 Å². The zero-order chi connectivity index (χ0) is 15.9. The lowest BCUT2D eigenvalue weighted by Crippen LogP contribution is -2.38. The molecule has 1 aliphatic carbocycles. The van der Waals surface area contributed by atoms with Crippen LogP contribution in [0.15, 0.2) is 17.5 Å². The Balaban J connectivity index is 1.78. The molecule has 0 aliphatic heterocycles. The Kier molecular flexibility index (Phi) is 4.02. The van der Waals surface area contributed by atoms with Crippen LogP contribution in [-0.4, -0.2) is 11.5 Å². The minimum atomic E-state index is 0.314. The van der Waals surface area contributed by atoms with Crippen LogP contribution in [0.5, 0.6) is 0 Å². The summed E-state index contributed by atoms with van der Waals surface area (Å²) in [5.74, 6) is 0.619. The van der Waals surface area contributed by atoms with Crippen molar-refractivity contribution in [2.75, 3.05) is 11.9 Å². The first-order valence-corrected chi connectivity index (χ1v) is 9.08. The highest BCUT2D eigenvalue weighted by Gasteiger charge is 2.44. The van der Waals surface area contributed by atoms with Gasteiger partial charge in [0.25, 0.3) is 0 Å². The van der Waals surface area contributed by atoms with E-state index in [2.05, 4.69) is 57.4 Å². The molecule has 1 aliphatic rings. The lowest BCUT2D eigenvalue weighted by molar-refractivity contribution is 0.220. The van der Waals surface area contributed by atoms with Gasteiger partial charge in [0, 0.05) is 17.8 Å². The van der Waals surface area contributed by atoms with E-state index in [1.165, 1.54) is 35.2 Å². The number of aromatic nitrogens is 1. The fourth-order valence-electron chi connectivity index (χ4n) is 4.28. The van der Waals surface area contributed by atoms with Crippen LogP contribution >= 0.6 is 11.3 Å². The van der Waals surface area contributed by atoms with Crippen molar-refractivity contribution < 1.29 is 0 Å². The fourth-order valence-corrected chi connectivity index (χ4v) is 5.14. The third-order valence-corrected chi connectivity index (χ3v) is 5.76. The van der Waals surface area contributed by atoms with Gasteiger partial charge in [-0.1, -0.05) is 24.6 Å². The van der Waals surface area contributed by atoms with Gasteiger partial charge in [0.15, 0.2) is 5.13 Å². The normalized spacial score (nSPS) is 24.1. The molecule has 3 rings (SSSR count). The second kappa shape index (κ2) is 5.69. The maximum absolute atomic E-state index is 4.75. The minimum Gasteiger partial charge on any atom is -0.362 e. The van der Waals surface area contributed by atoms with E-state index < -0.39 is 0 Å². The lowest BCUT2D eigenvalue weighted by atomic mass is 9.57. The van der Waals surface area contributed by atoms with Gasteiger partial charge >= 0.3 is 0 Å². The van der Waals surface area contributed by atoms with Gasteiger partial charge in [0.05, 0.1) is 5.69 Å². The van der Waals surface area contributed by atoms with Crippen molar-refractivity contribution in [1.29, 1.82) is 0 Å². The van der Waals surface area contributed by atoms with Crippen molar-refractivity contribution >= 4 is 16.5 Å². The Morgan fingerprint density at radius 2 is 1.86 bits per heavy atom. The summed E-state index contributed by atoms with van der Waals surface area (Å²) in [6.07, 6.45) is 2.43. The highest BCUT2D eigenvalue weighted by atomic mass is 32.1. The summed E-state index contributed by atoms with van der Waals surface area (Å²) in [4.78, 5) is 4.75. The Morgan fingerprint density at radius 3 is 2.45 bits per heavy atom. The van der Waals surface area contributed by atoms with E-state index in [-0.39, 0.29) is 0 Å². The van der Waals surface area contributed by atoms with E-state index in [1.807, 2.05) is 0 Å². The smallest absolute Gasteiger partial charge is 0.182 e. The molecule has 1 aromatic heterocycles. The molecule has 3 heteroatoms. The first-order chi connectivity index (χ1) is 10.4. The number of nitrogens with zero attached hydrogens (tertiary/aromatic N) is 1. The Morgan fingerprint density at radius 1 is 1.23 bits per heavy atom. The number of anilines is 1. The second-order valence-electron chi connectivity index (χ2n) is 7.05. The van der Waals surface area contributed by atoms with Crippen LogP contribution in [0.4, 0.5) is 5.13 Å². The largest absolute Gasteiger partial charge is 0.362 e. The van der Waals surface area contributed by atoms with E-state index in [0.717, 1.165) is 11.7 Å². The first kappa shape index (κ1) is 15.5. The van der Waals surface area contributed by atoms with Crippen LogP contribution in [0.2, 0.25) is 0 Å². The Bertz CT molecular complexity index is 657. The van der Waals surface area contributed by atoms with Gasteiger partial charge in [-0.2, -0.15) is 0 Å². The highest BCUT2D eigenvalue weighted by molar-refractivity contribution is 7.13. The molecule has 0 saturated heterocycles. The summed E-state index contributed by atoms with van der Waals surface area (Å²) < 4.78 is 0. The number of nitrogens with one attached hydrogen (secondary N) is 1. The maximum Gasteiger partial charge on any atom is 0.182 e. The second-order valence-corrected chi connectivity index (χ2v) is 7.91. The standard InChI is InChI=1S/C19H26N2S/c1-6-20-18-21-16(11-22-18)15-9-19(5,10-15)17-13(3)7-12(2)8-14(17)4/h7-8,11,15H,6,9-10H2,1-5H3,(H,20,21). The van der Waals surface area contributed by atoms with Gasteiger partial charge in [-0.05, 0) is 62.6 Å². The highest BCUT2D eigenvalue weighted by Crippen LogP contribution is 2.54. The minimum absolute atomic E-state index is 0.314. The average molecular weight is 314 g/mol. The molecular weight excluding hydrogens is 288 g/mol. The zero-order valence-electron chi connectivity index (χ0n) is 14.3. The van der Waals surface area contributed by atoms with Gasteiger partial charge in [-0.25, -0.2) is 4.98 Å². The molecule has 1 N–H and O–H groups in total. The molecule has 0 amide bonds. The molecule has 22 heavy (non-hydrogen) atoms. The predicted octanol–water partition coefficient (Wildman–Crippen LogP) is 5.34. The van der Waals surface area contributed by atoms with Gasteiger partial charge in [-0.15, -0.1) is 11.3 Å². The van der Waals surface area contributed by atoms with Gasteiger partial charge < -0.3 is 5.32 Å². The number of hydrogen-bond donors (Lipinski definition) is 1. The summed E-state index contributed by atoms with van der Waals surface area (Å²) in [6.45, 7) is 12.2. The molecule has 2 nitrogen and oxygen atoms in total. The SMILES string of the molecule is CCNc1nc(C2CC(C)(c3c(C)cc(C)cc3C)C2)cs1. The number of rotatable bonds is 4. The van der Waals surface area contributed by atoms with Gasteiger partial charge in [0.1, 0.15) is 0 Å². The molecule has 0 unspecified atom stereocenters. The predicted molar refractivity (Wildman–Crippen MR) is 96.3 cm³/mol. The third-order valence-electron chi connectivity index (χ3n) is 4.94. The van der Waals surface area contributed by atoms with E-state index in [0.29, 0.717) is 11.3 Å². The molecule has 0 atom stereocenters. The average Bonchev–Trinajstić information content (AvgIpc) is 2.83. The van der Waals surface area contributed by atoms with E-state index >= 15 is 0 Å². The number of benzene rings is 1. The molecule has 118 valence electrons. The van der Waals surface area contributed by atoms with Crippen molar-refractivity contribution in [2.45, 2.75) is 58.8 Å². The molecule has 0 bridgehead atoms. The van der Waals surface area contributed by atoms with E-state index in [9.17, 15) is 0 Å². The molecule has 1 saturated carbocycles. The van der Waals surface area contributed by atoms with Crippen LogP contribution in [-0.2, 0) is 5.41 Å². The monoisotopic (exact) mass is 314 g/mol. The van der Waals surface area contributed by atoms with Crippen LogP contribution < -0.4 is 5.32 Å². The van der Waals surface area contributed by atoms with Gasteiger partial charge in [-0.3, -0.25) is 0 Å². The Labute approximate surface area is 138 Å². The fraction of sp³-hybridized carbons (Fsp3) is 0.526. The molecular formula is C19H26N2S. The summed E-state index contributed by atoms with van der Waals surface area (Å²) >= 11 is 1.73. The van der Waals surface area contributed by atoms with Crippen LogP contribution in [0.25, 0.3) is 0 Å². The summed E-state index contributed by atoms with van der Waals surface area (Å²) in [5, 5.41) is 6.61. The summed E-state index contributed by atoms with van der Waals surface area (Å²) in [5.41, 5.74) is 7.43. The zero-order valence-corrected chi connectivity index (χ0v) is 15.1. The molecule has 2 aromatic rings. The van der Waals surface area contributed by atoms with Crippen molar-refractivity contribution in [3.05, 3.63) is 45.5 Å². The van der Waals surface area contributed by atoms with Crippen LogP contribution in [0.1, 0.15) is 60.6 Å². The number of thiazole rings is 1. The van der Waals surface area contributed by atoms with Crippen LogP contribution in [0, 0.1) is 20.8 Å². The number of hydrogen-bond acceptors (Lipinski definition) is 3. The summed E-state index contributed by atoms with van der Waals surface area (Å²) in [6, 6.07) is 4.65. The molecule has 1 heterocycles. The molecule has 0 spiro atoms. The first-order valence-electron chi connectivity index (χ1n) is 8.20. The number of aryl methyl sites for hydroxylation is 3. The van der Waals surface area contributed by atoms with Crippen molar-refractivity contribution in [2.24, 2.45) is 0 Å². The molecule has 1 aromatic carbocycles. The van der Waals surface area contributed by atoms with Crippen molar-refractivity contribution in [3.8, 4) is 0 Å². The summed E-state index contributed by atoms with van der Waals surface area (Å²) in [7, 11) is 0. The maximum atomic E-state index is 4.75. The molecule has 1 fully saturated rings. The Hall–Kier alpha value is -1.35. The topological polar surface area (TPSA) is 24.9 Å². The van der Waals surface area contributed by atoms with Gasteiger partial charge in [0.2, 0.25) is 0 Å². The van der Waals surface area contributed by atoms with Crippen molar-refractivity contribution in [3.63, 3.8) is 0 Å². The molecule has 0 radical (unpaired) electrons. The van der Waals surface area contributed by atoms with Crippen LogP contribution in [0.3, 0.4) is 0 Å². The lowest BCUT2D eigenvalue weighted by Gasteiger charge is -2.47. The van der Waals surface area contributed by atoms with E-state index in [1.54, 1.807) is 16.9 Å². The van der Waals surface area contributed by atoms with E-state index in [4.69, 9.17) is 4.98 Å². The third kappa shape index (κ3) is 2.67. The quantitative estimate of drug-likeness (QED) is 0.824.